The second-order valence-corrected chi connectivity index (χ2v) is 7.80. The molecule has 0 bridgehead atoms. The largest absolute Gasteiger partial charge is 0.356 e. The third kappa shape index (κ3) is 5.94. The quantitative estimate of drug-likeness (QED) is 0.563. The Balaban J connectivity index is 1.60. The average Bonchev–Trinajstić information content (AvgIpc) is 2.69. The van der Waals surface area contributed by atoms with Crippen LogP contribution in [0.25, 0.3) is 0 Å². The minimum absolute atomic E-state index is 0.161. The molecule has 0 aliphatic heterocycles. The SMILES string of the molecule is CC(C)(C)NC(=O)c1ccc(C(=O)Nc2ccc(Nc3ccccc3)cc2)cc1. The standard InChI is InChI=1S/C24H25N3O2/c1-24(2,3)27-23(29)18-11-9-17(10-12-18)22(28)26-21-15-13-20(14-16-21)25-19-7-5-4-6-8-19/h4-16,25H,1-3H3,(H,26,28)(H,27,29). The van der Waals surface area contributed by atoms with Crippen molar-refractivity contribution in [2.75, 3.05) is 10.6 Å². The van der Waals surface area contributed by atoms with E-state index in [4.69, 9.17) is 0 Å². The fourth-order valence-electron chi connectivity index (χ4n) is 2.71. The number of rotatable bonds is 5. The second-order valence-electron chi connectivity index (χ2n) is 7.80. The van der Waals surface area contributed by atoms with Crippen LogP contribution in [0.2, 0.25) is 0 Å². The molecule has 3 N–H and O–H groups in total. The van der Waals surface area contributed by atoms with Gasteiger partial charge in [0.15, 0.2) is 0 Å². The number of hydrogen-bond donors (Lipinski definition) is 3. The Bertz CT molecular complexity index is 973. The summed E-state index contributed by atoms with van der Waals surface area (Å²) in [7, 11) is 0. The van der Waals surface area contributed by atoms with Crippen LogP contribution in [-0.4, -0.2) is 17.4 Å². The molecule has 0 aromatic heterocycles. The van der Waals surface area contributed by atoms with Gasteiger partial charge in [-0.3, -0.25) is 9.59 Å². The van der Waals surface area contributed by atoms with Crippen LogP contribution in [0, 0.1) is 0 Å². The molecule has 0 saturated heterocycles. The number of anilines is 3. The zero-order valence-electron chi connectivity index (χ0n) is 16.8. The first-order valence-corrected chi connectivity index (χ1v) is 9.46. The van der Waals surface area contributed by atoms with Crippen LogP contribution in [0.1, 0.15) is 41.5 Å². The lowest BCUT2D eigenvalue weighted by atomic mass is 10.1. The summed E-state index contributed by atoms with van der Waals surface area (Å²) < 4.78 is 0. The first-order valence-electron chi connectivity index (χ1n) is 9.46. The van der Waals surface area contributed by atoms with Gasteiger partial charge in [-0.1, -0.05) is 18.2 Å². The molecular weight excluding hydrogens is 362 g/mol. The van der Waals surface area contributed by atoms with Gasteiger partial charge in [-0.15, -0.1) is 0 Å². The van der Waals surface area contributed by atoms with Crippen molar-refractivity contribution >= 4 is 28.9 Å². The maximum Gasteiger partial charge on any atom is 0.255 e. The lowest BCUT2D eigenvalue weighted by molar-refractivity contribution is 0.0918. The second kappa shape index (κ2) is 8.61. The van der Waals surface area contributed by atoms with Crippen LogP contribution in [0.15, 0.2) is 78.9 Å². The molecule has 2 amide bonds. The molecule has 3 aromatic rings. The molecule has 0 heterocycles. The molecule has 0 atom stereocenters. The maximum atomic E-state index is 12.5. The molecule has 5 nitrogen and oxygen atoms in total. The van der Waals surface area contributed by atoms with Crippen LogP contribution >= 0.6 is 0 Å². The van der Waals surface area contributed by atoms with Crippen LogP contribution in [0.4, 0.5) is 17.1 Å². The number of carbonyl (C=O) groups is 2. The summed E-state index contributed by atoms with van der Waals surface area (Å²) in [6, 6.07) is 24.0. The number of para-hydroxylation sites is 1. The highest BCUT2D eigenvalue weighted by molar-refractivity contribution is 6.05. The van der Waals surface area contributed by atoms with Gasteiger partial charge in [0, 0.05) is 33.7 Å². The van der Waals surface area contributed by atoms with E-state index < -0.39 is 0 Å². The van der Waals surface area contributed by atoms with Crippen molar-refractivity contribution in [1.29, 1.82) is 0 Å². The molecule has 0 fully saturated rings. The van der Waals surface area contributed by atoms with Gasteiger partial charge in [-0.25, -0.2) is 0 Å². The topological polar surface area (TPSA) is 70.2 Å². The Morgan fingerprint density at radius 2 is 1.10 bits per heavy atom. The Labute approximate surface area is 171 Å². The van der Waals surface area contributed by atoms with Crippen molar-refractivity contribution in [3.8, 4) is 0 Å². The van der Waals surface area contributed by atoms with Gasteiger partial charge in [-0.05, 0) is 81.4 Å². The van der Waals surface area contributed by atoms with E-state index in [1.165, 1.54) is 0 Å². The normalized spacial score (nSPS) is 10.9. The summed E-state index contributed by atoms with van der Waals surface area (Å²) in [6.07, 6.45) is 0. The number of amides is 2. The Morgan fingerprint density at radius 1 is 0.621 bits per heavy atom. The van der Waals surface area contributed by atoms with E-state index in [0.717, 1.165) is 11.4 Å². The molecule has 0 unspecified atom stereocenters. The van der Waals surface area contributed by atoms with Crippen LogP contribution in [0.5, 0.6) is 0 Å². The van der Waals surface area contributed by atoms with Crippen molar-refractivity contribution in [2.24, 2.45) is 0 Å². The summed E-state index contributed by atoms with van der Waals surface area (Å²) in [5.74, 6) is -0.387. The van der Waals surface area contributed by atoms with Gasteiger partial charge >= 0.3 is 0 Å². The summed E-state index contributed by atoms with van der Waals surface area (Å²) in [5.41, 5.74) is 3.33. The summed E-state index contributed by atoms with van der Waals surface area (Å²) in [6.45, 7) is 5.77. The monoisotopic (exact) mass is 387 g/mol. The van der Waals surface area contributed by atoms with Crippen molar-refractivity contribution in [3.05, 3.63) is 90.0 Å². The first-order chi connectivity index (χ1) is 13.8. The Morgan fingerprint density at radius 3 is 1.66 bits per heavy atom. The Kier molecular flexibility index (Phi) is 5.98. The van der Waals surface area contributed by atoms with Gasteiger partial charge in [0.1, 0.15) is 0 Å². The third-order valence-electron chi connectivity index (χ3n) is 4.10. The van der Waals surface area contributed by atoms with E-state index in [-0.39, 0.29) is 17.4 Å². The molecule has 0 radical (unpaired) electrons. The molecule has 3 aromatic carbocycles. The molecule has 148 valence electrons. The fraction of sp³-hybridized carbons (Fsp3) is 0.167. The maximum absolute atomic E-state index is 12.5. The van der Waals surface area contributed by atoms with E-state index in [1.54, 1.807) is 24.3 Å². The van der Waals surface area contributed by atoms with E-state index in [2.05, 4.69) is 16.0 Å². The predicted molar refractivity (Wildman–Crippen MR) is 118 cm³/mol. The molecule has 0 aliphatic carbocycles. The number of nitrogens with one attached hydrogen (secondary N) is 3. The molecule has 0 saturated carbocycles. The molecule has 29 heavy (non-hydrogen) atoms. The summed E-state index contributed by atoms with van der Waals surface area (Å²) in [5, 5.41) is 9.07. The molecular formula is C24H25N3O2. The van der Waals surface area contributed by atoms with E-state index in [1.807, 2.05) is 75.4 Å². The van der Waals surface area contributed by atoms with E-state index in [0.29, 0.717) is 16.8 Å². The zero-order valence-corrected chi connectivity index (χ0v) is 16.8. The number of benzene rings is 3. The highest BCUT2D eigenvalue weighted by Crippen LogP contribution is 2.19. The third-order valence-corrected chi connectivity index (χ3v) is 4.10. The minimum Gasteiger partial charge on any atom is -0.356 e. The Hall–Kier alpha value is -3.60. The van der Waals surface area contributed by atoms with Gasteiger partial charge in [0.2, 0.25) is 0 Å². The van der Waals surface area contributed by atoms with Crippen LogP contribution in [0.3, 0.4) is 0 Å². The van der Waals surface area contributed by atoms with Crippen molar-refractivity contribution in [1.82, 2.24) is 5.32 Å². The smallest absolute Gasteiger partial charge is 0.255 e. The van der Waals surface area contributed by atoms with Gasteiger partial charge < -0.3 is 16.0 Å². The molecule has 3 rings (SSSR count). The fourth-order valence-corrected chi connectivity index (χ4v) is 2.71. The van der Waals surface area contributed by atoms with Crippen molar-refractivity contribution < 1.29 is 9.59 Å². The zero-order chi connectivity index (χ0) is 20.9. The summed E-state index contributed by atoms with van der Waals surface area (Å²) >= 11 is 0. The first kappa shape index (κ1) is 20.1. The van der Waals surface area contributed by atoms with Crippen molar-refractivity contribution in [3.63, 3.8) is 0 Å². The van der Waals surface area contributed by atoms with Gasteiger partial charge in [-0.2, -0.15) is 0 Å². The van der Waals surface area contributed by atoms with Gasteiger partial charge in [0.25, 0.3) is 11.8 Å². The van der Waals surface area contributed by atoms with Gasteiger partial charge in [0.05, 0.1) is 0 Å². The highest BCUT2D eigenvalue weighted by atomic mass is 16.2. The molecule has 5 heteroatoms. The average molecular weight is 387 g/mol. The van der Waals surface area contributed by atoms with E-state index >= 15 is 0 Å². The lowest BCUT2D eigenvalue weighted by Crippen LogP contribution is -2.40. The van der Waals surface area contributed by atoms with Crippen LogP contribution in [-0.2, 0) is 0 Å². The number of hydrogen-bond acceptors (Lipinski definition) is 3. The van der Waals surface area contributed by atoms with E-state index in [9.17, 15) is 9.59 Å². The predicted octanol–water partition coefficient (Wildman–Crippen LogP) is 5.21. The lowest BCUT2D eigenvalue weighted by Gasteiger charge is -2.20. The molecule has 0 spiro atoms. The minimum atomic E-state index is -0.311. The number of carbonyl (C=O) groups excluding carboxylic acids is 2. The summed E-state index contributed by atoms with van der Waals surface area (Å²) in [4.78, 5) is 24.7. The van der Waals surface area contributed by atoms with Crippen LogP contribution < -0.4 is 16.0 Å². The van der Waals surface area contributed by atoms with Crippen molar-refractivity contribution in [2.45, 2.75) is 26.3 Å². The molecule has 0 aliphatic rings. The highest BCUT2D eigenvalue weighted by Gasteiger charge is 2.15.